The lowest BCUT2D eigenvalue weighted by molar-refractivity contribution is -0.384. The second-order valence-electron chi connectivity index (χ2n) is 6.96. The number of benzene rings is 1. The number of halogens is 2. The predicted molar refractivity (Wildman–Crippen MR) is 104 cm³/mol. The fourth-order valence-corrected chi connectivity index (χ4v) is 4.36. The van der Waals surface area contributed by atoms with Crippen LogP contribution < -0.4 is 10.6 Å². The van der Waals surface area contributed by atoms with Crippen molar-refractivity contribution in [3.8, 4) is 0 Å². The van der Waals surface area contributed by atoms with Gasteiger partial charge < -0.3 is 15.2 Å². The van der Waals surface area contributed by atoms with E-state index in [1.165, 1.54) is 12.8 Å². The number of imidazole rings is 1. The lowest BCUT2D eigenvalue weighted by Gasteiger charge is -2.32. The molecule has 1 aromatic carbocycles. The summed E-state index contributed by atoms with van der Waals surface area (Å²) >= 11 is 6.77. The van der Waals surface area contributed by atoms with Crippen LogP contribution in [-0.4, -0.2) is 33.6 Å². The minimum absolute atomic E-state index is 0.0153. The molecule has 0 bridgehead atoms. The molecule has 1 atom stereocenters. The van der Waals surface area contributed by atoms with Gasteiger partial charge in [0.1, 0.15) is 4.47 Å². The molecule has 0 spiro atoms. The number of nitrogens with zero attached hydrogens (tertiary/aromatic N) is 4. The first-order valence-corrected chi connectivity index (χ1v) is 10.1. The van der Waals surface area contributed by atoms with Gasteiger partial charge in [-0.05, 0) is 69.5 Å². The van der Waals surface area contributed by atoms with E-state index in [4.69, 9.17) is 10.7 Å². The van der Waals surface area contributed by atoms with Gasteiger partial charge in [-0.2, -0.15) is 0 Å². The van der Waals surface area contributed by atoms with Gasteiger partial charge in [0.05, 0.1) is 10.4 Å². The quantitative estimate of drug-likeness (QED) is 0.539. The van der Waals surface area contributed by atoms with E-state index in [0.29, 0.717) is 20.4 Å². The Morgan fingerprint density at radius 3 is 2.76 bits per heavy atom. The van der Waals surface area contributed by atoms with E-state index in [9.17, 15) is 10.1 Å². The molecule has 1 aliphatic carbocycles. The maximum absolute atomic E-state index is 11.6. The van der Waals surface area contributed by atoms with Crippen LogP contribution in [0.3, 0.4) is 0 Å². The maximum atomic E-state index is 11.6. The molecule has 2 N–H and O–H groups in total. The van der Waals surface area contributed by atoms with E-state index in [1.807, 2.05) is 6.07 Å². The van der Waals surface area contributed by atoms with Crippen molar-refractivity contribution in [1.82, 2.24) is 9.55 Å². The van der Waals surface area contributed by atoms with Crippen LogP contribution in [0.15, 0.2) is 15.0 Å². The monoisotopic (exact) mass is 471 g/mol. The molecule has 1 unspecified atom stereocenters. The normalized spacial score (nSPS) is 21.1. The molecular formula is C16H19Br2N5O2. The first-order valence-electron chi connectivity index (χ1n) is 8.49. The Bertz CT molecular complexity index is 849. The molecule has 9 heteroatoms. The lowest BCUT2D eigenvalue weighted by Crippen LogP contribution is -2.44. The van der Waals surface area contributed by atoms with Gasteiger partial charge in [-0.25, -0.2) is 4.98 Å². The Kier molecular flexibility index (Phi) is 4.49. The number of rotatable bonds is 4. The van der Waals surface area contributed by atoms with Crippen LogP contribution in [0.5, 0.6) is 0 Å². The fourth-order valence-electron chi connectivity index (χ4n) is 3.51. The van der Waals surface area contributed by atoms with Crippen molar-refractivity contribution in [2.24, 2.45) is 11.7 Å². The summed E-state index contributed by atoms with van der Waals surface area (Å²) in [4.78, 5) is 18.2. The first-order chi connectivity index (χ1) is 12.0. The molecule has 2 fully saturated rings. The summed E-state index contributed by atoms with van der Waals surface area (Å²) in [7, 11) is 0. The minimum atomic E-state index is -0.364. The third kappa shape index (κ3) is 3.17. The molecule has 4 rings (SSSR count). The Balaban J connectivity index is 1.91. The molecule has 25 heavy (non-hydrogen) atoms. The zero-order valence-electron chi connectivity index (χ0n) is 13.6. The summed E-state index contributed by atoms with van der Waals surface area (Å²) in [6.07, 6.45) is 4.44. The van der Waals surface area contributed by atoms with Crippen LogP contribution in [-0.2, 0) is 6.54 Å². The van der Waals surface area contributed by atoms with Gasteiger partial charge >= 0.3 is 5.69 Å². The minimum Gasteiger partial charge on any atom is -0.341 e. The highest BCUT2D eigenvalue weighted by atomic mass is 79.9. The largest absolute Gasteiger partial charge is 0.341 e. The third-order valence-electron chi connectivity index (χ3n) is 4.95. The van der Waals surface area contributed by atoms with Crippen LogP contribution in [0.4, 0.5) is 11.6 Å². The first kappa shape index (κ1) is 17.2. The number of nitro benzene ring substituents is 1. The molecule has 2 aliphatic rings. The predicted octanol–water partition coefficient (Wildman–Crippen LogP) is 3.81. The summed E-state index contributed by atoms with van der Waals surface area (Å²) < 4.78 is 3.25. The average Bonchev–Trinajstić information content (AvgIpc) is 3.31. The number of piperidine rings is 1. The highest BCUT2D eigenvalue weighted by Crippen LogP contribution is 2.42. The number of aromatic nitrogens is 2. The summed E-state index contributed by atoms with van der Waals surface area (Å²) in [5.41, 5.74) is 7.41. The van der Waals surface area contributed by atoms with Gasteiger partial charge in [-0.3, -0.25) is 10.1 Å². The molecule has 1 saturated heterocycles. The number of hydrogen-bond acceptors (Lipinski definition) is 5. The summed E-state index contributed by atoms with van der Waals surface area (Å²) in [6.45, 7) is 2.48. The second-order valence-corrected chi connectivity index (χ2v) is 8.61. The van der Waals surface area contributed by atoms with Crippen LogP contribution in [0.2, 0.25) is 0 Å². The average molecular weight is 473 g/mol. The van der Waals surface area contributed by atoms with Crippen molar-refractivity contribution in [2.45, 2.75) is 38.3 Å². The van der Waals surface area contributed by atoms with Crippen molar-refractivity contribution in [1.29, 1.82) is 0 Å². The molecule has 0 radical (unpaired) electrons. The van der Waals surface area contributed by atoms with E-state index in [-0.39, 0.29) is 16.7 Å². The van der Waals surface area contributed by atoms with Crippen molar-refractivity contribution in [3.05, 3.63) is 25.1 Å². The molecule has 2 heterocycles. The Morgan fingerprint density at radius 1 is 1.36 bits per heavy atom. The number of anilines is 1. The van der Waals surface area contributed by atoms with E-state index in [0.717, 1.165) is 43.9 Å². The molecule has 1 aromatic heterocycles. The Morgan fingerprint density at radius 2 is 2.12 bits per heavy atom. The molecule has 134 valence electrons. The number of nitro groups is 1. The zero-order chi connectivity index (χ0) is 17.7. The SMILES string of the molecule is NC1CCCN(c2nc3c([N+](=O)[O-])c(Br)c(Br)cc3n2CC2CC2)C1. The van der Waals surface area contributed by atoms with Gasteiger partial charge in [-0.15, -0.1) is 0 Å². The Hall–Kier alpha value is -1.19. The van der Waals surface area contributed by atoms with Gasteiger partial charge in [0.25, 0.3) is 0 Å². The van der Waals surface area contributed by atoms with Crippen LogP contribution in [0, 0.1) is 16.0 Å². The number of hydrogen-bond donors (Lipinski definition) is 1. The maximum Gasteiger partial charge on any atom is 0.312 e. The van der Waals surface area contributed by atoms with E-state index >= 15 is 0 Å². The highest BCUT2D eigenvalue weighted by molar-refractivity contribution is 9.13. The van der Waals surface area contributed by atoms with Crippen LogP contribution in [0.1, 0.15) is 25.7 Å². The molecular weight excluding hydrogens is 454 g/mol. The summed E-state index contributed by atoms with van der Waals surface area (Å²) in [5, 5.41) is 11.6. The second kappa shape index (κ2) is 6.51. The van der Waals surface area contributed by atoms with Gasteiger partial charge in [0.15, 0.2) is 5.52 Å². The molecule has 2 aromatic rings. The molecule has 1 saturated carbocycles. The van der Waals surface area contributed by atoms with Crippen molar-refractivity contribution >= 4 is 54.5 Å². The van der Waals surface area contributed by atoms with E-state index in [1.54, 1.807) is 0 Å². The standard InChI is InChI=1S/C16H19Br2N5O2/c17-11-6-12-14(15(13(11)18)23(24)25)20-16(22(12)7-9-3-4-9)21-5-1-2-10(19)8-21/h6,9-10H,1-5,7-8,19H2. The van der Waals surface area contributed by atoms with Gasteiger partial charge in [0.2, 0.25) is 5.95 Å². The highest BCUT2D eigenvalue weighted by Gasteiger charge is 2.31. The van der Waals surface area contributed by atoms with E-state index in [2.05, 4.69) is 41.3 Å². The number of fused-ring (bicyclic) bond motifs is 1. The zero-order valence-corrected chi connectivity index (χ0v) is 16.8. The third-order valence-corrected chi connectivity index (χ3v) is 6.91. The van der Waals surface area contributed by atoms with Crippen molar-refractivity contribution in [2.75, 3.05) is 18.0 Å². The lowest BCUT2D eigenvalue weighted by atomic mass is 10.1. The van der Waals surface area contributed by atoms with Crippen molar-refractivity contribution < 1.29 is 4.92 Å². The molecule has 1 aliphatic heterocycles. The van der Waals surface area contributed by atoms with Crippen LogP contribution in [0.25, 0.3) is 11.0 Å². The molecule has 7 nitrogen and oxygen atoms in total. The number of nitrogens with two attached hydrogens (primary N) is 1. The summed E-state index contributed by atoms with van der Waals surface area (Å²) in [5.74, 6) is 1.45. The Labute approximate surface area is 162 Å². The molecule has 0 amide bonds. The van der Waals surface area contributed by atoms with E-state index < -0.39 is 0 Å². The fraction of sp³-hybridized carbons (Fsp3) is 0.562. The smallest absolute Gasteiger partial charge is 0.312 e. The van der Waals surface area contributed by atoms with Gasteiger partial charge in [0, 0.05) is 30.1 Å². The van der Waals surface area contributed by atoms with Gasteiger partial charge in [-0.1, -0.05) is 0 Å². The topological polar surface area (TPSA) is 90.2 Å². The van der Waals surface area contributed by atoms with Crippen LogP contribution >= 0.6 is 31.9 Å². The van der Waals surface area contributed by atoms with Crippen molar-refractivity contribution in [3.63, 3.8) is 0 Å². The summed E-state index contributed by atoms with van der Waals surface area (Å²) in [6, 6.07) is 2.05.